The first-order valence-electron chi connectivity index (χ1n) is 7.04. The minimum absolute atomic E-state index is 0.223. The van der Waals surface area contributed by atoms with Crippen molar-refractivity contribution in [1.82, 2.24) is 24.5 Å². The highest BCUT2D eigenvalue weighted by atomic mass is 19.1. The monoisotopic (exact) mass is 301 g/mol. The Morgan fingerprint density at radius 1 is 1.32 bits per heavy atom. The minimum atomic E-state index is -0.297. The lowest BCUT2D eigenvalue weighted by atomic mass is 10.1. The Bertz CT molecular complexity index is 788. The summed E-state index contributed by atoms with van der Waals surface area (Å²) in [6.45, 7) is 2.52. The topological polar surface area (TPSA) is 68.5 Å². The molecular formula is C15H16FN5O. The highest BCUT2D eigenvalue weighted by Crippen LogP contribution is 2.18. The van der Waals surface area contributed by atoms with Crippen LogP contribution in [0.25, 0.3) is 0 Å². The number of halogens is 1. The van der Waals surface area contributed by atoms with E-state index in [1.807, 2.05) is 19.2 Å². The number of aromatic amines is 1. The minimum Gasteiger partial charge on any atom is -0.272 e. The van der Waals surface area contributed by atoms with Crippen molar-refractivity contribution >= 4 is 0 Å². The molecule has 0 spiro atoms. The molecule has 0 fully saturated rings. The van der Waals surface area contributed by atoms with Gasteiger partial charge in [0.05, 0.1) is 6.04 Å². The molecule has 0 amide bonds. The second-order valence-electron chi connectivity index (χ2n) is 5.06. The van der Waals surface area contributed by atoms with Crippen LogP contribution in [0.5, 0.6) is 0 Å². The predicted octanol–water partition coefficient (Wildman–Crippen LogP) is 1.76. The molecule has 114 valence electrons. The fourth-order valence-corrected chi connectivity index (χ4v) is 2.45. The Morgan fingerprint density at radius 2 is 2.09 bits per heavy atom. The molecule has 3 rings (SSSR count). The molecule has 7 heteroatoms. The number of aryl methyl sites for hydroxylation is 2. The van der Waals surface area contributed by atoms with Crippen molar-refractivity contribution in [3.63, 3.8) is 0 Å². The van der Waals surface area contributed by atoms with Gasteiger partial charge in [0.25, 0.3) is 0 Å². The van der Waals surface area contributed by atoms with Gasteiger partial charge >= 0.3 is 5.69 Å². The summed E-state index contributed by atoms with van der Waals surface area (Å²) in [5.74, 6) is 0.353. The quantitative estimate of drug-likeness (QED) is 0.780. The SMILES string of the molecule is C[C@H](c1ccc(F)cc1)n1c(CCn2cccn2)n[nH]c1=O. The van der Waals surface area contributed by atoms with E-state index in [1.54, 1.807) is 27.6 Å². The normalized spacial score (nSPS) is 12.5. The van der Waals surface area contributed by atoms with Gasteiger partial charge < -0.3 is 0 Å². The number of rotatable bonds is 5. The van der Waals surface area contributed by atoms with Gasteiger partial charge in [0, 0.05) is 25.4 Å². The Balaban J connectivity index is 1.85. The highest BCUT2D eigenvalue weighted by molar-refractivity contribution is 5.20. The van der Waals surface area contributed by atoms with Gasteiger partial charge in [-0.3, -0.25) is 9.25 Å². The first-order chi connectivity index (χ1) is 10.6. The molecule has 3 aromatic rings. The van der Waals surface area contributed by atoms with Gasteiger partial charge in [0.15, 0.2) is 0 Å². The van der Waals surface area contributed by atoms with E-state index in [0.29, 0.717) is 18.8 Å². The summed E-state index contributed by atoms with van der Waals surface area (Å²) in [6.07, 6.45) is 4.14. The van der Waals surface area contributed by atoms with Crippen molar-refractivity contribution < 1.29 is 4.39 Å². The summed E-state index contributed by atoms with van der Waals surface area (Å²) in [5, 5.41) is 10.7. The van der Waals surface area contributed by atoms with Crippen LogP contribution in [-0.2, 0) is 13.0 Å². The molecule has 1 N–H and O–H groups in total. The molecule has 0 aliphatic rings. The molecule has 0 aliphatic heterocycles. The lowest BCUT2D eigenvalue weighted by Crippen LogP contribution is -2.24. The molecule has 0 bridgehead atoms. The molecule has 1 atom stereocenters. The second-order valence-corrected chi connectivity index (χ2v) is 5.06. The van der Waals surface area contributed by atoms with E-state index < -0.39 is 0 Å². The van der Waals surface area contributed by atoms with E-state index in [4.69, 9.17) is 0 Å². The number of hydrogen-bond donors (Lipinski definition) is 1. The number of H-pyrrole nitrogens is 1. The van der Waals surface area contributed by atoms with E-state index in [9.17, 15) is 9.18 Å². The van der Waals surface area contributed by atoms with Crippen LogP contribution in [-0.4, -0.2) is 24.5 Å². The third-order valence-corrected chi connectivity index (χ3v) is 3.64. The molecule has 0 aliphatic carbocycles. The maximum absolute atomic E-state index is 13.0. The Hall–Kier alpha value is -2.70. The van der Waals surface area contributed by atoms with Gasteiger partial charge in [-0.05, 0) is 30.7 Å². The van der Waals surface area contributed by atoms with Gasteiger partial charge in [0.2, 0.25) is 0 Å². The van der Waals surface area contributed by atoms with Gasteiger partial charge in [-0.1, -0.05) is 12.1 Å². The fraction of sp³-hybridized carbons (Fsp3) is 0.267. The summed E-state index contributed by atoms with van der Waals surface area (Å²) in [4.78, 5) is 12.0. The second kappa shape index (κ2) is 5.97. The predicted molar refractivity (Wildman–Crippen MR) is 79.0 cm³/mol. The third-order valence-electron chi connectivity index (χ3n) is 3.64. The van der Waals surface area contributed by atoms with E-state index in [2.05, 4.69) is 15.3 Å². The summed E-state index contributed by atoms with van der Waals surface area (Å²) in [7, 11) is 0. The molecule has 2 aromatic heterocycles. The Kier molecular flexibility index (Phi) is 3.86. The zero-order chi connectivity index (χ0) is 15.5. The molecule has 2 heterocycles. The van der Waals surface area contributed by atoms with E-state index in [1.165, 1.54) is 12.1 Å². The molecule has 0 radical (unpaired) electrons. The third kappa shape index (κ3) is 2.83. The van der Waals surface area contributed by atoms with E-state index in [0.717, 1.165) is 5.56 Å². The van der Waals surface area contributed by atoms with Crippen LogP contribution in [0.1, 0.15) is 24.4 Å². The van der Waals surface area contributed by atoms with Crippen LogP contribution in [0.15, 0.2) is 47.5 Å². The summed E-state index contributed by atoms with van der Waals surface area (Å²) < 4.78 is 16.4. The maximum Gasteiger partial charge on any atom is 0.343 e. The molecule has 0 saturated heterocycles. The van der Waals surface area contributed by atoms with E-state index >= 15 is 0 Å². The standard InChI is InChI=1S/C15H16FN5O/c1-11(12-3-5-13(16)6-4-12)21-14(18-19-15(21)22)7-10-20-9-2-8-17-20/h2-6,8-9,11H,7,10H2,1H3,(H,19,22)/t11-/m1/s1. The van der Waals surface area contributed by atoms with Crippen molar-refractivity contribution in [2.24, 2.45) is 0 Å². The van der Waals surface area contributed by atoms with Crippen LogP contribution >= 0.6 is 0 Å². The van der Waals surface area contributed by atoms with E-state index in [-0.39, 0.29) is 17.5 Å². The smallest absolute Gasteiger partial charge is 0.272 e. The molecule has 6 nitrogen and oxygen atoms in total. The van der Waals surface area contributed by atoms with Gasteiger partial charge in [0.1, 0.15) is 11.6 Å². The van der Waals surface area contributed by atoms with Crippen molar-refractivity contribution in [3.8, 4) is 0 Å². The number of hydrogen-bond acceptors (Lipinski definition) is 3. The Labute approximate surface area is 126 Å². The lowest BCUT2D eigenvalue weighted by Gasteiger charge is -2.15. The van der Waals surface area contributed by atoms with Crippen LogP contribution < -0.4 is 5.69 Å². The molecule has 0 unspecified atom stereocenters. The molecule has 0 saturated carbocycles. The van der Waals surface area contributed by atoms with Crippen LogP contribution in [0.3, 0.4) is 0 Å². The summed E-state index contributed by atoms with van der Waals surface area (Å²) in [6, 6.07) is 7.76. The summed E-state index contributed by atoms with van der Waals surface area (Å²) in [5.41, 5.74) is 0.581. The van der Waals surface area contributed by atoms with Gasteiger partial charge in [-0.15, -0.1) is 0 Å². The maximum atomic E-state index is 13.0. The summed E-state index contributed by atoms with van der Waals surface area (Å²) >= 11 is 0. The van der Waals surface area contributed by atoms with Crippen LogP contribution in [0.4, 0.5) is 4.39 Å². The van der Waals surface area contributed by atoms with Crippen molar-refractivity contribution in [2.45, 2.75) is 25.9 Å². The first kappa shape index (κ1) is 14.2. The molecule has 1 aromatic carbocycles. The number of benzene rings is 1. The number of nitrogens with zero attached hydrogens (tertiary/aromatic N) is 4. The van der Waals surface area contributed by atoms with Crippen molar-refractivity contribution in [3.05, 3.63) is 70.4 Å². The average molecular weight is 301 g/mol. The van der Waals surface area contributed by atoms with Crippen molar-refractivity contribution in [2.75, 3.05) is 0 Å². The Morgan fingerprint density at radius 3 is 2.77 bits per heavy atom. The largest absolute Gasteiger partial charge is 0.343 e. The van der Waals surface area contributed by atoms with Crippen LogP contribution in [0, 0.1) is 5.82 Å². The molecular weight excluding hydrogens is 285 g/mol. The molecule has 22 heavy (non-hydrogen) atoms. The van der Waals surface area contributed by atoms with Crippen molar-refractivity contribution in [1.29, 1.82) is 0 Å². The highest BCUT2D eigenvalue weighted by Gasteiger charge is 2.16. The average Bonchev–Trinajstić information content (AvgIpc) is 3.15. The fourth-order valence-electron chi connectivity index (χ4n) is 2.45. The lowest BCUT2D eigenvalue weighted by molar-refractivity contribution is 0.541. The zero-order valence-corrected chi connectivity index (χ0v) is 12.1. The van der Waals surface area contributed by atoms with Gasteiger partial charge in [-0.25, -0.2) is 14.3 Å². The first-order valence-corrected chi connectivity index (χ1v) is 7.04. The number of nitrogens with one attached hydrogen (secondary N) is 1. The zero-order valence-electron chi connectivity index (χ0n) is 12.1. The number of aromatic nitrogens is 5. The van der Waals surface area contributed by atoms with Gasteiger partial charge in [-0.2, -0.15) is 10.2 Å². The van der Waals surface area contributed by atoms with Crippen LogP contribution in [0.2, 0.25) is 0 Å².